The number of hydrogen-bond donors (Lipinski definition) is 2. The van der Waals surface area contributed by atoms with Crippen LogP contribution >= 0.6 is 0 Å². The molecule has 1 aliphatic rings. The zero-order chi connectivity index (χ0) is 20.2. The van der Waals surface area contributed by atoms with Crippen molar-refractivity contribution in [2.75, 3.05) is 23.8 Å². The Hall–Kier alpha value is -3.87. The van der Waals surface area contributed by atoms with E-state index in [0.717, 1.165) is 5.56 Å². The summed E-state index contributed by atoms with van der Waals surface area (Å²) < 4.78 is 11.0. The van der Waals surface area contributed by atoms with E-state index in [1.54, 1.807) is 24.3 Å². The summed E-state index contributed by atoms with van der Waals surface area (Å²) in [4.78, 5) is 29.1. The summed E-state index contributed by atoms with van der Waals surface area (Å²) in [5, 5.41) is 5.59. The number of carbonyl (C=O) groups is 2. The van der Waals surface area contributed by atoms with Crippen LogP contribution in [0.4, 0.5) is 11.4 Å². The second-order valence-corrected chi connectivity index (χ2v) is 6.60. The van der Waals surface area contributed by atoms with E-state index in [1.807, 2.05) is 25.1 Å². The smallest absolute Gasteiger partial charge is 0.257 e. The van der Waals surface area contributed by atoms with Crippen molar-refractivity contribution in [3.63, 3.8) is 0 Å². The summed E-state index contributed by atoms with van der Waals surface area (Å²) >= 11 is 0. The first kappa shape index (κ1) is 18.5. The Morgan fingerprint density at radius 3 is 2.17 bits per heavy atom. The normalized spacial score (nSPS) is 12.2. The maximum Gasteiger partial charge on any atom is 0.257 e. The number of benzene rings is 2. The van der Waals surface area contributed by atoms with Crippen LogP contribution in [0.25, 0.3) is 0 Å². The van der Waals surface area contributed by atoms with Crippen LogP contribution in [0, 0.1) is 6.92 Å². The second-order valence-electron chi connectivity index (χ2n) is 6.60. The highest BCUT2D eigenvalue weighted by Crippen LogP contribution is 2.32. The molecular weight excluding hydrogens is 370 g/mol. The summed E-state index contributed by atoms with van der Waals surface area (Å²) in [6, 6.07) is 14.2. The summed E-state index contributed by atoms with van der Waals surface area (Å²) in [5.74, 6) is 0.514. The van der Waals surface area contributed by atoms with E-state index in [9.17, 15) is 9.59 Å². The molecular formula is C22H19N3O4. The van der Waals surface area contributed by atoms with Gasteiger partial charge in [0.1, 0.15) is 13.2 Å². The number of anilines is 2. The molecule has 7 nitrogen and oxygen atoms in total. The van der Waals surface area contributed by atoms with Crippen LogP contribution in [0.15, 0.2) is 60.9 Å². The lowest BCUT2D eigenvalue weighted by Crippen LogP contribution is -2.17. The number of aryl methyl sites for hydroxylation is 1. The third-order valence-electron chi connectivity index (χ3n) is 4.34. The van der Waals surface area contributed by atoms with Crippen molar-refractivity contribution in [1.82, 2.24) is 4.98 Å². The topological polar surface area (TPSA) is 89.6 Å². The lowest BCUT2D eigenvalue weighted by molar-refractivity contribution is 0.102. The Morgan fingerprint density at radius 2 is 1.48 bits per heavy atom. The van der Waals surface area contributed by atoms with Crippen LogP contribution in [0.2, 0.25) is 0 Å². The standard InChI is InChI=1S/C22H19N3O4/c1-14-3-2-4-17(9-14)24-21(26)15-10-16(13-23-12-15)22(27)25-18-5-6-19-20(11-18)29-8-7-28-19/h2-6,9-13H,7-8H2,1H3,(H,24,26)(H,25,27). The van der Waals surface area contributed by atoms with E-state index in [1.165, 1.54) is 18.5 Å². The quantitative estimate of drug-likeness (QED) is 0.711. The molecule has 0 atom stereocenters. The molecule has 0 unspecified atom stereocenters. The number of fused-ring (bicyclic) bond motifs is 1. The maximum absolute atomic E-state index is 12.6. The molecule has 0 bridgehead atoms. The minimum Gasteiger partial charge on any atom is -0.486 e. The Labute approximate surface area is 167 Å². The number of carbonyl (C=O) groups excluding carboxylic acids is 2. The first-order valence-electron chi connectivity index (χ1n) is 9.12. The Kier molecular flexibility index (Phi) is 5.11. The van der Waals surface area contributed by atoms with Gasteiger partial charge in [0.05, 0.1) is 11.1 Å². The summed E-state index contributed by atoms with van der Waals surface area (Å²) in [6.45, 7) is 2.91. The Bertz CT molecular complexity index is 1080. The van der Waals surface area contributed by atoms with E-state index < -0.39 is 0 Å². The van der Waals surface area contributed by atoms with Gasteiger partial charge in [-0.3, -0.25) is 14.6 Å². The van der Waals surface area contributed by atoms with E-state index in [0.29, 0.717) is 41.7 Å². The monoisotopic (exact) mass is 389 g/mol. The molecule has 146 valence electrons. The van der Waals surface area contributed by atoms with Crippen LogP contribution in [0.3, 0.4) is 0 Å². The number of hydrogen-bond acceptors (Lipinski definition) is 5. The molecule has 0 aliphatic carbocycles. The van der Waals surface area contributed by atoms with Crippen molar-refractivity contribution in [3.05, 3.63) is 77.6 Å². The van der Waals surface area contributed by atoms with E-state index >= 15 is 0 Å². The molecule has 2 amide bonds. The predicted molar refractivity (Wildman–Crippen MR) is 109 cm³/mol. The lowest BCUT2D eigenvalue weighted by atomic mass is 10.1. The number of rotatable bonds is 4. The minimum absolute atomic E-state index is 0.275. The number of nitrogens with zero attached hydrogens (tertiary/aromatic N) is 1. The second kappa shape index (κ2) is 8.02. The summed E-state index contributed by atoms with van der Waals surface area (Å²) in [6.07, 6.45) is 2.84. The molecule has 2 aromatic carbocycles. The third-order valence-corrected chi connectivity index (χ3v) is 4.34. The number of amides is 2. The molecule has 0 fully saturated rings. The molecule has 29 heavy (non-hydrogen) atoms. The maximum atomic E-state index is 12.6. The highest BCUT2D eigenvalue weighted by atomic mass is 16.6. The van der Waals surface area contributed by atoms with Crippen molar-refractivity contribution in [2.45, 2.75) is 6.92 Å². The first-order valence-corrected chi connectivity index (χ1v) is 9.12. The Morgan fingerprint density at radius 1 is 0.828 bits per heavy atom. The fraction of sp³-hybridized carbons (Fsp3) is 0.136. The van der Waals surface area contributed by atoms with Crippen molar-refractivity contribution in [1.29, 1.82) is 0 Å². The first-order chi connectivity index (χ1) is 14.1. The fourth-order valence-corrected chi connectivity index (χ4v) is 2.94. The van der Waals surface area contributed by atoms with Crippen LogP contribution in [-0.2, 0) is 0 Å². The SMILES string of the molecule is Cc1cccc(NC(=O)c2cncc(C(=O)Nc3ccc4c(c3)OCCO4)c2)c1. The average molecular weight is 389 g/mol. The molecule has 3 aromatic rings. The number of pyridine rings is 1. The lowest BCUT2D eigenvalue weighted by Gasteiger charge is -2.19. The van der Waals surface area contributed by atoms with Crippen molar-refractivity contribution >= 4 is 23.2 Å². The van der Waals surface area contributed by atoms with Gasteiger partial charge in [-0.15, -0.1) is 0 Å². The molecule has 0 spiro atoms. The van der Waals surface area contributed by atoms with E-state index in [4.69, 9.17) is 9.47 Å². The van der Waals surface area contributed by atoms with Crippen LogP contribution in [0.5, 0.6) is 11.5 Å². The van der Waals surface area contributed by atoms with Crippen LogP contribution < -0.4 is 20.1 Å². The molecule has 1 aliphatic heterocycles. The summed E-state index contributed by atoms with van der Waals surface area (Å²) in [7, 11) is 0. The molecule has 2 N–H and O–H groups in total. The van der Waals surface area contributed by atoms with Gasteiger partial charge in [0.2, 0.25) is 0 Å². The van der Waals surface area contributed by atoms with Crippen molar-refractivity contribution in [3.8, 4) is 11.5 Å². The van der Waals surface area contributed by atoms with Gasteiger partial charge in [-0.25, -0.2) is 0 Å². The molecule has 0 saturated carbocycles. The van der Waals surface area contributed by atoms with E-state index in [-0.39, 0.29) is 17.4 Å². The molecule has 0 radical (unpaired) electrons. The van der Waals surface area contributed by atoms with Gasteiger partial charge in [-0.1, -0.05) is 12.1 Å². The molecule has 7 heteroatoms. The highest BCUT2D eigenvalue weighted by Gasteiger charge is 2.15. The van der Waals surface area contributed by atoms with Crippen molar-refractivity contribution in [2.24, 2.45) is 0 Å². The molecule has 2 heterocycles. The number of aromatic nitrogens is 1. The molecule has 1 aromatic heterocycles. The zero-order valence-electron chi connectivity index (χ0n) is 15.8. The van der Waals surface area contributed by atoms with Gasteiger partial charge in [-0.2, -0.15) is 0 Å². The largest absolute Gasteiger partial charge is 0.486 e. The molecule has 4 rings (SSSR count). The van der Waals surface area contributed by atoms with Gasteiger partial charge < -0.3 is 20.1 Å². The van der Waals surface area contributed by atoms with Gasteiger partial charge in [0.25, 0.3) is 11.8 Å². The van der Waals surface area contributed by atoms with Crippen molar-refractivity contribution < 1.29 is 19.1 Å². The summed E-state index contributed by atoms with van der Waals surface area (Å²) in [5.41, 5.74) is 2.85. The zero-order valence-corrected chi connectivity index (χ0v) is 15.8. The van der Waals surface area contributed by atoms with E-state index in [2.05, 4.69) is 15.6 Å². The minimum atomic E-state index is -0.376. The van der Waals surface area contributed by atoms with Gasteiger partial charge in [-0.05, 0) is 42.8 Å². The van der Waals surface area contributed by atoms with Gasteiger partial charge in [0.15, 0.2) is 11.5 Å². The Balaban J connectivity index is 1.47. The third kappa shape index (κ3) is 4.35. The number of nitrogens with one attached hydrogen (secondary N) is 2. The highest BCUT2D eigenvalue weighted by molar-refractivity contribution is 6.08. The van der Waals surface area contributed by atoms with Crippen LogP contribution in [0.1, 0.15) is 26.3 Å². The van der Waals surface area contributed by atoms with Gasteiger partial charge in [0, 0.05) is 29.8 Å². The molecule has 0 saturated heterocycles. The van der Waals surface area contributed by atoms with Crippen LogP contribution in [-0.4, -0.2) is 30.0 Å². The predicted octanol–water partition coefficient (Wildman–Crippen LogP) is 3.67. The average Bonchev–Trinajstić information content (AvgIpc) is 2.74. The number of ether oxygens (including phenoxy) is 2. The van der Waals surface area contributed by atoms with Gasteiger partial charge >= 0.3 is 0 Å². The fourth-order valence-electron chi connectivity index (χ4n) is 2.94.